The average Bonchev–Trinajstić information content (AvgIpc) is 3.37. The van der Waals surface area contributed by atoms with Gasteiger partial charge in [-0.2, -0.15) is 9.97 Å². The van der Waals surface area contributed by atoms with Gasteiger partial charge in [0.25, 0.3) is 0 Å². The van der Waals surface area contributed by atoms with Gasteiger partial charge in [0.15, 0.2) is 17.0 Å². The summed E-state index contributed by atoms with van der Waals surface area (Å²) < 4.78 is 2.07. The van der Waals surface area contributed by atoms with Gasteiger partial charge in [-0.15, -0.1) is 0 Å². The summed E-state index contributed by atoms with van der Waals surface area (Å²) in [5, 5.41) is 3.56. The number of rotatable bonds is 6. The number of nitrogens with one attached hydrogen (secondary N) is 1. The quantitative estimate of drug-likeness (QED) is 0.664. The molecule has 3 aromatic rings. The zero-order chi connectivity index (χ0) is 20.8. The lowest BCUT2D eigenvalue weighted by Crippen LogP contribution is -2.32. The number of aromatic nitrogens is 4. The van der Waals surface area contributed by atoms with Gasteiger partial charge >= 0.3 is 0 Å². The number of hydrogen-bond acceptors (Lipinski definition) is 6. The fourth-order valence-electron chi connectivity index (χ4n) is 4.59. The fourth-order valence-corrected chi connectivity index (χ4v) is 4.59. The highest BCUT2D eigenvalue weighted by Gasteiger charge is 2.26. The van der Waals surface area contributed by atoms with Gasteiger partial charge in [0.2, 0.25) is 11.9 Å². The highest BCUT2D eigenvalue weighted by atomic mass is 16.2. The molecule has 1 amide bonds. The molecule has 8 heteroatoms. The molecular formula is C23H27N7O. The predicted octanol–water partition coefficient (Wildman–Crippen LogP) is 2.59. The van der Waals surface area contributed by atoms with Crippen molar-refractivity contribution in [2.24, 2.45) is 0 Å². The molecule has 2 aromatic heterocycles. The van der Waals surface area contributed by atoms with Crippen molar-refractivity contribution in [3.8, 4) is 0 Å². The van der Waals surface area contributed by atoms with Crippen LogP contribution in [-0.4, -0.2) is 56.0 Å². The molecule has 6 rings (SSSR count). The number of carbonyl (C=O) groups is 1. The zero-order valence-corrected chi connectivity index (χ0v) is 17.6. The second-order valence-corrected chi connectivity index (χ2v) is 8.83. The summed E-state index contributed by atoms with van der Waals surface area (Å²) in [4.78, 5) is 30.7. The van der Waals surface area contributed by atoms with Crippen LogP contribution in [-0.2, 0) is 24.3 Å². The molecule has 160 valence electrons. The van der Waals surface area contributed by atoms with Gasteiger partial charge in [0.1, 0.15) is 0 Å². The van der Waals surface area contributed by atoms with Gasteiger partial charge < -0.3 is 19.7 Å². The van der Waals surface area contributed by atoms with E-state index in [0.717, 1.165) is 55.4 Å². The van der Waals surface area contributed by atoms with E-state index in [4.69, 9.17) is 9.97 Å². The van der Waals surface area contributed by atoms with E-state index in [1.165, 1.54) is 24.0 Å². The van der Waals surface area contributed by atoms with Crippen molar-refractivity contribution in [2.45, 2.75) is 51.2 Å². The Labute approximate surface area is 181 Å². The van der Waals surface area contributed by atoms with Crippen molar-refractivity contribution in [3.63, 3.8) is 0 Å². The smallest absolute Gasteiger partial charge is 0.229 e. The Hall–Kier alpha value is -3.16. The van der Waals surface area contributed by atoms with E-state index in [2.05, 4.69) is 44.0 Å². The molecule has 0 spiro atoms. The minimum atomic E-state index is 0.253. The first-order valence-corrected chi connectivity index (χ1v) is 11.3. The molecule has 0 radical (unpaired) electrons. The van der Waals surface area contributed by atoms with Crippen LogP contribution in [0.25, 0.3) is 11.2 Å². The highest BCUT2D eigenvalue weighted by molar-refractivity contribution is 5.84. The van der Waals surface area contributed by atoms with Crippen molar-refractivity contribution in [1.29, 1.82) is 0 Å². The maximum absolute atomic E-state index is 12.0. The van der Waals surface area contributed by atoms with Gasteiger partial charge in [-0.3, -0.25) is 4.79 Å². The van der Waals surface area contributed by atoms with Crippen LogP contribution in [0, 0.1) is 0 Å². The Morgan fingerprint density at radius 3 is 2.71 bits per heavy atom. The number of anilines is 2. The van der Waals surface area contributed by atoms with Gasteiger partial charge in [-0.25, -0.2) is 4.98 Å². The van der Waals surface area contributed by atoms with E-state index in [1.807, 2.05) is 11.2 Å². The summed E-state index contributed by atoms with van der Waals surface area (Å²) in [7, 11) is 0. The first-order chi connectivity index (χ1) is 15.2. The van der Waals surface area contributed by atoms with Gasteiger partial charge in [0.05, 0.1) is 6.33 Å². The number of fused-ring (bicyclic) bond motifs is 2. The Kier molecular flexibility index (Phi) is 4.51. The van der Waals surface area contributed by atoms with Crippen molar-refractivity contribution in [2.75, 3.05) is 29.9 Å². The van der Waals surface area contributed by atoms with Gasteiger partial charge in [-0.1, -0.05) is 24.3 Å². The van der Waals surface area contributed by atoms with E-state index in [-0.39, 0.29) is 5.91 Å². The molecule has 0 bridgehead atoms. The number of nitrogens with zero attached hydrogens (tertiary/aromatic N) is 6. The van der Waals surface area contributed by atoms with E-state index in [1.54, 1.807) is 0 Å². The van der Waals surface area contributed by atoms with Crippen molar-refractivity contribution in [1.82, 2.24) is 24.4 Å². The van der Waals surface area contributed by atoms with Crippen LogP contribution in [0.2, 0.25) is 0 Å². The largest absolute Gasteiger partial charge is 0.365 e. The Morgan fingerprint density at radius 2 is 1.90 bits per heavy atom. The van der Waals surface area contributed by atoms with Crippen LogP contribution in [0.1, 0.15) is 36.8 Å². The van der Waals surface area contributed by atoms with E-state index in [0.29, 0.717) is 25.6 Å². The second kappa shape index (κ2) is 7.51. The first-order valence-electron chi connectivity index (χ1n) is 11.3. The minimum absolute atomic E-state index is 0.253. The predicted molar refractivity (Wildman–Crippen MR) is 119 cm³/mol. The summed E-state index contributed by atoms with van der Waals surface area (Å²) in [6.07, 6.45) is 6.82. The van der Waals surface area contributed by atoms with Crippen LogP contribution >= 0.6 is 0 Å². The number of amides is 1. The highest BCUT2D eigenvalue weighted by Crippen LogP contribution is 2.30. The number of likely N-dealkylation sites (tertiary alicyclic amines) is 1. The third-order valence-electron chi connectivity index (χ3n) is 6.57. The average molecular weight is 418 g/mol. The Morgan fingerprint density at radius 1 is 1.03 bits per heavy atom. The number of imidazole rings is 1. The standard InChI is InChI=1S/C23H27N7O/c31-19-6-3-10-28(19)12-13-30-15-24-20-21(25-18-7-8-18)26-23(27-22(20)30)29-11-9-16-4-1-2-5-17(16)14-29/h1-2,4-5,15,18H,3,6-14H2,(H,25,26,27). The minimum Gasteiger partial charge on any atom is -0.365 e. The Balaban J connectivity index is 1.32. The van der Waals surface area contributed by atoms with Gasteiger partial charge in [-0.05, 0) is 36.8 Å². The molecule has 3 aliphatic rings. The normalized spacial score (nSPS) is 18.6. The maximum Gasteiger partial charge on any atom is 0.229 e. The third-order valence-corrected chi connectivity index (χ3v) is 6.57. The van der Waals surface area contributed by atoms with Crippen molar-refractivity contribution in [3.05, 3.63) is 41.7 Å². The molecule has 1 saturated carbocycles. The van der Waals surface area contributed by atoms with Crippen LogP contribution in [0.15, 0.2) is 30.6 Å². The van der Waals surface area contributed by atoms with E-state index in [9.17, 15) is 4.79 Å². The first kappa shape index (κ1) is 18.6. The van der Waals surface area contributed by atoms with Crippen LogP contribution < -0.4 is 10.2 Å². The molecule has 2 aliphatic heterocycles. The molecule has 8 nitrogen and oxygen atoms in total. The molecule has 1 saturated heterocycles. The number of hydrogen-bond donors (Lipinski definition) is 1. The molecule has 31 heavy (non-hydrogen) atoms. The maximum atomic E-state index is 12.0. The molecular weight excluding hydrogens is 390 g/mol. The summed E-state index contributed by atoms with van der Waals surface area (Å²) in [6, 6.07) is 9.10. The fraction of sp³-hybridized carbons (Fsp3) is 0.478. The van der Waals surface area contributed by atoms with Crippen molar-refractivity contribution < 1.29 is 4.79 Å². The molecule has 0 atom stereocenters. The zero-order valence-electron chi connectivity index (χ0n) is 17.6. The van der Waals surface area contributed by atoms with E-state index < -0.39 is 0 Å². The Bertz CT molecular complexity index is 1140. The monoisotopic (exact) mass is 417 g/mol. The number of benzene rings is 1. The lowest BCUT2D eigenvalue weighted by atomic mass is 10.0. The topological polar surface area (TPSA) is 79.2 Å². The van der Waals surface area contributed by atoms with Gasteiger partial charge in [0, 0.05) is 45.2 Å². The van der Waals surface area contributed by atoms with Crippen molar-refractivity contribution >= 4 is 28.8 Å². The van der Waals surface area contributed by atoms with Crippen LogP contribution in [0.3, 0.4) is 0 Å². The van der Waals surface area contributed by atoms with Crippen LogP contribution in [0.4, 0.5) is 11.8 Å². The lowest BCUT2D eigenvalue weighted by molar-refractivity contribution is -0.127. The molecule has 1 aromatic carbocycles. The molecule has 1 aliphatic carbocycles. The summed E-state index contributed by atoms with van der Waals surface area (Å²) in [6.45, 7) is 3.98. The third kappa shape index (κ3) is 3.60. The van der Waals surface area contributed by atoms with Crippen LogP contribution in [0.5, 0.6) is 0 Å². The second-order valence-electron chi connectivity index (χ2n) is 8.83. The molecule has 4 heterocycles. The SMILES string of the molecule is O=C1CCCN1CCn1cnc2c(NC3CC3)nc(N3CCc4ccccc4C3)nc21. The summed E-state index contributed by atoms with van der Waals surface area (Å²) in [5.41, 5.74) is 4.42. The van der Waals surface area contributed by atoms with E-state index >= 15 is 0 Å². The molecule has 0 unspecified atom stereocenters. The molecule has 1 N–H and O–H groups in total. The summed E-state index contributed by atoms with van der Waals surface area (Å²) in [5.74, 6) is 1.84. The number of carbonyl (C=O) groups excluding carboxylic acids is 1. The molecule has 2 fully saturated rings. The lowest BCUT2D eigenvalue weighted by Gasteiger charge is -2.29. The summed E-state index contributed by atoms with van der Waals surface area (Å²) >= 11 is 0.